The summed E-state index contributed by atoms with van der Waals surface area (Å²) < 4.78 is 0. The summed E-state index contributed by atoms with van der Waals surface area (Å²) in [4.78, 5) is 11.9. The first-order valence-corrected chi connectivity index (χ1v) is 10.9. The van der Waals surface area contributed by atoms with Crippen molar-refractivity contribution in [2.75, 3.05) is 38.1 Å². The first-order valence-electron chi connectivity index (χ1n) is 10.9. The van der Waals surface area contributed by atoms with Crippen molar-refractivity contribution in [3.63, 3.8) is 0 Å². The van der Waals surface area contributed by atoms with Gasteiger partial charge in [0.25, 0.3) is 0 Å². The summed E-state index contributed by atoms with van der Waals surface area (Å²) in [6.07, 6.45) is 7.87. The van der Waals surface area contributed by atoms with Gasteiger partial charge in [0.05, 0.1) is 23.3 Å². The monoisotopic (exact) mass is 416 g/mol. The second-order valence-corrected chi connectivity index (χ2v) is 8.47. The summed E-state index contributed by atoms with van der Waals surface area (Å²) >= 11 is 0. The molecule has 5 rings (SSSR count). The molecule has 0 aromatic carbocycles. The number of pyridine rings is 2. The van der Waals surface area contributed by atoms with Gasteiger partial charge in [-0.25, -0.2) is 9.97 Å². The smallest absolute Gasteiger partial charge is 0.160 e. The Labute approximate surface area is 182 Å². The largest absolute Gasteiger partial charge is 0.507 e. The Morgan fingerprint density at radius 2 is 2.03 bits per heavy atom. The van der Waals surface area contributed by atoms with Gasteiger partial charge in [0.2, 0.25) is 0 Å². The number of hydrogen-bond acceptors (Lipinski definition) is 7. The minimum Gasteiger partial charge on any atom is -0.507 e. The number of hydrogen-bond donors (Lipinski definition) is 4. The molecule has 3 heterocycles. The van der Waals surface area contributed by atoms with E-state index in [1.807, 2.05) is 12.3 Å². The third-order valence-electron chi connectivity index (χ3n) is 6.33. The van der Waals surface area contributed by atoms with E-state index in [0.717, 1.165) is 42.8 Å². The van der Waals surface area contributed by atoms with Crippen LogP contribution in [0.3, 0.4) is 0 Å². The highest BCUT2D eigenvalue weighted by Gasteiger charge is 2.29. The zero-order chi connectivity index (χ0) is 21.5. The predicted molar refractivity (Wildman–Crippen MR) is 125 cm³/mol. The summed E-state index contributed by atoms with van der Waals surface area (Å²) in [5.74, 6) is 0.635. The van der Waals surface area contributed by atoms with Gasteiger partial charge in [-0.05, 0) is 49.5 Å². The highest BCUT2D eigenvalue weighted by atomic mass is 16.3. The van der Waals surface area contributed by atoms with Crippen LogP contribution >= 0.6 is 0 Å². The molecular weight excluding hydrogens is 388 g/mol. The second kappa shape index (κ2) is 7.81. The standard InChI is InChI=1S/C24H28N6O/c1-14-22(25)16(12-26-2)9-20(23(14)31)21-11-18(15-3-4-15)19-10-17(13-28-24(19)29-21)30-7-5-27-6-8-30/h9-13,15,25-27,31H,3-8H2,1-2H3/b16-12-,25-22?. The molecule has 2 fully saturated rings. The van der Waals surface area contributed by atoms with E-state index in [-0.39, 0.29) is 5.76 Å². The van der Waals surface area contributed by atoms with Crippen LogP contribution in [0.1, 0.15) is 36.9 Å². The van der Waals surface area contributed by atoms with Crippen molar-refractivity contribution >= 4 is 28.0 Å². The lowest BCUT2D eigenvalue weighted by atomic mass is 9.90. The van der Waals surface area contributed by atoms with Crippen LogP contribution in [-0.2, 0) is 0 Å². The Morgan fingerprint density at radius 1 is 1.26 bits per heavy atom. The van der Waals surface area contributed by atoms with E-state index in [1.54, 1.807) is 20.2 Å². The molecule has 4 N–H and O–H groups in total. The number of rotatable bonds is 4. The van der Waals surface area contributed by atoms with Crippen LogP contribution in [0.2, 0.25) is 0 Å². The van der Waals surface area contributed by atoms with Crippen LogP contribution in [0, 0.1) is 5.41 Å². The van der Waals surface area contributed by atoms with Crippen molar-refractivity contribution in [2.24, 2.45) is 0 Å². The van der Waals surface area contributed by atoms with Crippen LogP contribution in [-0.4, -0.2) is 54.0 Å². The summed E-state index contributed by atoms with van der Waals surface area (Å²) in [6, 6.07) is 4.35. The lowest BCUT2D eigenvalue weighted by Crippen LogP contribution is -2.43. The second-order valence-electron chi connectivity index (χ2n) is 8.47. The van der Waals surface area contributed by atoms with E-state index in [1.165, 1.54) is 18.4 Å². The molecule has 3 aliphatic rings. The van der Waals surface area contributed by atoms with E-state index in [4.69, 9.17) is 15.4 Å². The Kier molecular flexibility index (Phi) is 4.98. The fourth-order valence-electron chi connectivity index (χ4n) is 4.38. The zero-order valence-corrected chi connectivity index (χ0v) is 18.0. The highest BCUT2D eigenvalue weighted by molar-refractivity contribution is 6.17. The molecule has 7 nitrogen and oxygen atoms in total. The first-order chi connectivity index (χ1) is 15.1. The Morgan fingerprint density at radius 3 is 2.74 bits per heavy atom. The average Bonchev–Trinajstić information content (AvgIpc) is 3.64. The number of anilines is 1. The number of piperazine rings is 1. The Bertz CT molecular complexity index is 1150. The summed E-state index contributed by atoms with van der Waals surface area (Å²) in [6.45, 7) is 5.71. The van der Waals surface area contributed by atoms with Gasteiger partial charge in [-0.3, -0.25) is 5.41 Å². The number of allylic oxidation sites excluding steroid dienone is 4. The fourth-order valence-corrected chi connectivity index (χ4v) is 4.38. The third-order valence-corrected chi connectivity index (χ3v) is 6.33. The maximum absolute atomic E-state index is 10.8. The number of fused-ring (bicyclic) bond motifs is 1. The van der Waals surface area contributed by atoms with Gasteiger partial charge in [0.15, 0.2) is 5.65 Å². The first kappa shape index (κ1) is 19.8. The van der Waals surface area contributed by atoms with Crippen LogP contribution in [0.4, 0.5) is 5.69 Å². The number of aromatic nitrogens is 2. The topological polar surface area (TPSA) is 97.2 Å². The molecule has 0 amide bonds. The Balaban J connectivity index is 1.63. The molecule has 160 valence electrons. The van der Waals surface area contributed by atoms with Gasteiger partial charge in [-0.15, -0.1) is 0 Å². The van der Waals surface area contributed by atoms with Gasteiger partial charge < -0.3 is 20.6 Å². The molecule has 0 spiro atoms. The minimum atomic E-state index is 0.115. The fraction of sp³-hybridized carbons (Fsp3) is 0.375. The van der Waals surface area contributed by atoms with Crippen LogP contribution in [0.5, 0.6) is 0 Å². The van der Waals surface area contributed by atoms with Crippen LogP contribution < -0.4 is 15.5 Å². The van der Waals surface area contributed by atoms with E-state index >= 15 is 0 Å². The molecule has 0 atom stereocenters. The van der Waals surface area contributed by atoms with E-state index in [9.17, 15) is 5.11 Å². The number of nitrogens with zero attached hydrogens (tertiary/aromatic N) is 3. The van der Waals surface area contributed by atoms with Crippen LogP contribution in [0.25, 0.3) is 16.6 Å². The zero-order valence-electron chi connectivity index (χ0n) is 18.0. The van der Waals surface area contributed by atoms with Gasteiger partial charge in [-0.1, -0.05) is 0 Å². The van der Waals surface area contributed by atoms with E-state index < -0.39 is 0 Å². The lowest BCUT2D eigenvalue weighted by molar-refractivity contribution is 0.433. The molecule has 1 saturated carbocycles. The number of aliphatic hydroxyl groups excluding tert-OH is 1. The molecule has 1 aliphatic heterocycles. The molecule has 0 unspecified atom stereocenters. The molecule has 0 bridgehead atoms. The van der Waals surface area contributed by atoms with Crippen LogP contribution in [0.15, 0.2) is 47.5 Å². The molecule has 1 saturated heterocycles. The van der Waals surface area contributed by atoms with Gasteiger partial charge >= 0.3 is 0 Å². The maximum Gasteiger partial charge on any atom is 0.160 e. The van der Waals surface area contributed by atoms with Gasteiger partial charge in [-0.2, -0.15) is 0 Å². The summed E-state index contributed by atoms with van der Waals surface area (Å²) in [7, 11) is 1.81. The third kappa shape index (κ3) is 3.59. The molecule has 0 radical (unpaired) electrons. The van der Waals surface area contributed by atoms with E-state index in [2.05, 4.69) is 27.7 Å². The molecular formula is C24H28N6O. The van der Waals surface area contributed by atoms with Crippen molar-refractivity contribution in [2.45, 2.75) is 25.7 Å². The number of aliphatic hydroxyl groups is 1. The highest BCUT2D eigenvalue weighted by Crippen LogP contribution is 2.44. The lowest BCUT2D eigenvalue weighted by Gasteiger charge is -2.29. The Hall–Kier alpha value is -3.19. The molecule has 7 heteroatoms. The summed E-state index contributed by atoms with van der Waals surface area (Å²) in [5.41, 5.74) is 6.07. The summed E-state index contributed by atoms with van der Waals surface area (Å²) in [5, 5.41) is 26.6. The van der Waals surface area contributed by atoms with Crippen molar-refractivity contribution in [3.05, 3.63) is 58.8 Å². The van der Waals surface area contributed by atoms with Gasteiger partial charge in [0, 0.05) is 61.5 Å². The molecule has 31 heavy (non-hydrogen) atoms. The van der Waals surface area contributed by atoms with Crippen molar-refractivity contribution in [3.8, 4) is 0 Å². The minimum absolute atomic E-state index is 0.115. The SMILES string of the molecule is CN/C=C1/C=C(c2cc(C3CC3)c3cc(N4CCNCC4)cnc3n2)C(O)=C(C)C1=N. The molecule has 2 aliphatic carbocycles. The quantitative estimate of drug-likeness (QED) is 0.611. The van der Waals surface area contributed by atoms with Crippen molar-refractivity contribution < 1.29 is 5.11 Å². The van der Waals surface area contributed by atoms with Gasteiger partial charge in [0.1, 0.15) is 5.76 Å². The average molecular weight is 417 g/mol. The van der Waals surface area contributed by atoms with Crippen molar-refractivity contribution in [1.29, 1.82) is 5.41 Å². The maximum atomic E-state index is 10.8. The van der Waals surface area contributed by atoms with Crippen molar-refractivity contribution in [1.82, 2.24) is 20.6 Å². The molecule has 2 aromatic heterocycles. The normalized spacial score (nSPS) is 21.1. The van der Waals surface area contributed by atoms with E-state index in [0.29, 0.717) is 34.1 Å². The molecule has 2 aromatic rings. The predicted octanol–water partition coefficient (Wildman–Crippen LogP) is 3.27. The number of nitrogens with one attached hydrogen (secondary N) is 3.